The molecule has 1 aromatic heterocycles. The fraction of sp³-hybridized carbons (Fsp3) is 0.286. The quantitative estimate of drug-likeness (QED) is 0.919. The van der Waals surface area contributed by atoms with Gasteiger partial charge in [0, 0.05) is 17.5 Å². The van der Waals surface area contributed by atoms with E-state index in [1.54, 1.807) is 0 Å². The van der Waals surface area contributed by atoms with Crippen molar-refractivity contribution in [3.63, 3.8) is 0 Å². The van der Waals surface area contributed by atoms with Crippen molar-refractivity contribution < 1.29 is 9.90 Å². The highest BCUT2D eigenvalue weighted by atomic mass is 32.1. The number of rotatable bonds is 4. The number of carbonyl (C=O) groups is 1. The van der Waals surface area contributed by atoms with Crippen LogP contribution < -0.4 is 0 Å². The van der Waals surface area contributed by atoms with Gasteiger partial charge in [-0.2, -0.15) is 0 Å². The zero-order chi connectivity index (χ0) is 13.1. The fourth-order valence-corrected chi connectivity index (χ4v) is 2.80. The first-order chi connectivity index (χ1) is 8.58. The number of carboxylic acid groups (broad SMARTS) is 1. The number of nitrogens with zero attached hydrogens (tertiary/aromatic N) is 1. The van der Waals surface area contributed by atoms with E-state index in [0.717, 1.165) is 21.8 Å². The monoisotopic (exact) mass is 261 g/mol. The van der Waals surface area contributed by atoms with Gasteiger partial charge in [-0.1, -0.05) is 24.3 Å². The van der Waals surface area contributed by atoms with Crippen molar-refractivity contribution in [1.82, 2.24) is 4.98 Å². The lowest BCUT2D eigenvalue weighted by molar-refractivity contribution is -0.138. The maximum absolute atomic E-state index is 11.4. The Bertz CT molecular complexity index is 562. The Kier molecular flexibility index (Phi) is 3.77. The van der Waals surface area contributed by atoms with Crippen LogP contribution in [0, 0.1) is 13.8 Å². The molecule has 1 N–H and O–H groups in total. The number of hydrogen-bond acceptors (Lipinski definition) is 3. The van der Waals surface area contributed by atoms with E-state index in [1.165, 1.54) is 11.3 Å². The Balaban J connectivity index is 2.30. The lowest BCUT2D eigenvalue weighted by atomic mass is 9.92. The Morgan fingerprint density at radius 1 is 1.39 bits per heavy atom. The molecule has 18 heavy (non-hydrogen) atoms. The summed E-state index contributed by atoms with van der Waals surface area (Å²) in [6.07, 6.45) is 0.457. The zero-order valence-electron chi connectivity index (χ0n) is 10.4. The Hall–Kier alpha value is -1.68. The SMILES string of the molecule is Cc1csc(CC(C(=O)O)c2ccccc2C)n1. The summed E-state index contributed by atoms with van der Waals surface area (Å²) >= 11 is 1.52. The van der Waals surface area contributed by atoms with E-state index in [2.05, 4.69) is 4.98 Å². The van der Waals surface area contributed by atoms with Gasteiger partial charge in [0.05, 0.1) is 10.9 Å². The summed E-state index contributed by atoms with van der Waals surface area (Å²) in [5, 5.41) is 12.2. The van der Waals surface area contributed by atoms with Gasteiger partial charge in [-0.25, -0.2) is 4.98 Å². The van der Waals surface area contributed by atoms with Crippen molar-refractivity contribution in [2.75, 3.05) is 0 Å². The molecule has 0 fully saturated rings. The number of thiazole rings is 1. The van der Waals surface area contributed by atoms with Gasteiger partial charge < -0.3 is 5.11 Å². The van der Waals surface area contributed by atoms with Gasteiger partial charge in [0.1, 0.15) is 0 Å². The van der Waals surface area contributed by atoms with Gasteiger partial charge in [0.15, 0.2) is 0 Å². The van der Waals surface area contributed by atoms with Crippen LogP contribution in [0.5, 0.6) is 0 Å². The second-order valence-corrected chi connectivity index (χ2v) is 5.28. The Morgan fingerprint density at radius 3 is 2.67 bits per heavy atom. The molecule has 0 saturated heterocycles. The van der Waals surface area contributed by atoms with E-state index < -0.39 is 11.9 Å². The summed E-state index contributed by atoms with van der Waals surface area (Å²) in [7, 11) is 0. The molecular weight excluding hydrogens is 246 g/mol. The topological polar surface area (TPSA) is 50.2 Å². The number of aromatic nitrogens is 1. The average Bonchev–Trinajstić information content (AvgIpc) is 2.73. The van der Waals surface area contributed by atoms with Crippen molar-refractivity contribution in [3.8, 4) is 0 Å². The molecule has 0 spiro atoms. The first-order valence-electron chi connectivity index (χ1n) is 5.77. The summed E-state index contributed by atoms with van der Waals surface area (Å²) < 4.78 is 0. The average molecular weight is 261 g/mol. The van der Waals surface area contributed by atoms with E-state index in [0.29, 0.717) is 6.42 Å². The van der Waals surface area contributed by atoms with Crippen molar-refractivity contribution >= 4 is 17.3 Å². The van der Waals surface area contributed by atoms with Crippen molar-refractivity contribution in [2.24, 2.45) is 0 Å². The molecule has 1 heterocycles. The molecule has 1 unspecified atom stereocenters. The Morgan fingerprint density at radius 2 is 2.11 bits per heavy atom. The lowest BCUT2D eigenvalue weighted by Crippen LogP contribution is -2.15. The molecule has 1 aromatic carbocycles. The second kappa shape index (κ2) is 5.31. The van der Waals surface area contributed by atoms with E-state index in [1.807, 2.05) is 43.5 Å². The van der Waals surface area contributed by atoms with Crippen LogP contribution in [0.4, 0.5) is 0 Å². The van der Waals surface area contributed by atoms with E-state index >= 15 is 0 Å². The highest BCUT2D eigenvalue weighted by Gasteiger charge is 2.23. The summed E-state index contributed by atoms with van der Waals surface area (Å²) in [5.41, 5.74) is 2.83. The minimum absolute atomic E-state index is 0.457. The van der Waals surface area contributed by atoms with Crippen LogP contribution >= 0.6 is 11.3 Å². The third kappa shape index (κ3) is 2.76. The van der Waals surface area contributed by atoms with Crippen LogP contribution in [0.15, 0.2) is 29.6 Å². The van der Waals surface area contributed by atoms with Crippen molar-refractivity contribution in [1.29, 1.82) is 0 Å². The minimum atomic E-state index is -0.794. The minimum Gasteiger partial charge on any atom is -0.481 e. The molecule has 0 aliphatic carbocycles. The summed E-state index contributed by atoms with van der Waals surface area (Å²) in [6.45, 7) is 3.86. The normalized spacial score (nSPS) is 12.3. The molecule has 0 bridgehead atoms. The molecule has 0 aliphatic heterocycles. The van der Waals surface area contributed by atoms with Crippen molar-refractivity contribution in [2.45, 2.75) is 26.2 Å². The first-order valence-corrected chi connectivity index (χ1v) is 6.65. The number of hydrogen-bond donors (Lipinski definition) is 1. The lowest BCUT2D eigenvalue weighted by Gasteiger charge is -2.13. The molecule has 4 heteroatoms. The third-order valence-corrected chi connectivity index (χ3v) is 3.90. The van der Waals surface area contributed by atoms with Gasteiger partial charge in [0.2, 0.25) is 0 Å². The zero-order valence-corrected chi connectivity index (χ0v) is 11.2. The number of carboxylic acids is 1. The van der Waals surface area contributed by atoms with Crippen LogP contribution in [-0.4, -0.2) is 16.1 Å². The molecule has 1 atom stereocenters. The molecule has 2 rings (SSSR count). The van der Waals surface area contributed by atoms with Crippen LogP contribution in [0.25, 0.3) is 0 Å². The largest absolute Gasteiger partial charge is 0.481 e. The summed E-state index contributed by atoms with van der Waals surface area (Å²) in [5.74, 6) is -1.31. The smallest absolute Gasteiger partial charge is 0.311 e. The maximum atomic E-state index is 11.4. The van der Waals surface area contributed by atoms with Gasteiger partial charge in [0.25, 0.3) is 0 Å². The summed E-state index contributed by atoms with van der Waals surface area (Å²) in [6, 6.07) is 7.63. The van der Waals surface area contributed by atoms with E-state index in [-0.39, 0.29) is 0 Å². The molecule has 2 aromatic rings. The van der Waals surface area contributed by atoms with Gasteiger partial charge in [-0.3, -0.25) is 4.79 Å². The first kappa shape index (κ1) is 12.8. The predicted molar refractivity (Wildman–Crippen MR) is 72.1 cm³/mol. The molecule has 0 radical (unpaired) electrons. The van der Waals surface area contributed by atoms with E-state index in [4.69, 9.17) is 0 Å². The van der Waals surface area contributed by atoms with Gasteiger partial charge >= 0.3 is 5.97 Å². The maximum Gasteiger partial charge on any atom is 0.311 e. The fourth-order valence-electron chi connectivity index (χ4n) is 1.98. The third-order valence-electron chi connectivity index (χ3n) is 2.91. The van der Waals surface area contributed by atoms with Crippen molar-refractivity contribution in [3.05, 3.63) is 51.5 Å². The molecular formula is C14H15NO2S. The number of aliphatic carboxylic acids is 1. The molecule has 3 nitrogen and oxygen atoms in total. The van der Waals surface area contributed by atoms with Gasteiger partial charge in [-0.15, -0.1) is 11.3 Å². The number of aryl methyl sites for hydroxylation is 2. The molecule has 0 amide bonds. The number of benzene rings is 1. The molecule has 94 valence electrons. The van der Waals surface area contributed by atoms with Crippen LogP contribution in [-0.2, 0) is 11.2 Å². The van der Waals surface area contributed by atoms with Crippen LogP contribution in [0.2, 0.25) is 0 Å². The second-order valence-electron chi connectivity index (χ2n) is 4.33. The standard InChI is InChI=1S/C14H15NO2S/c1-9-5-3-4-6-11(9)12(14(16)17)7-13-15-10(2)8-18-13/h3-6,8,12H,7H2,1-2H3,(H,16,17). The highest BCUT2D eigenvalue weighted by Crippen LogP contribution is 2.25. The molecule has 0 aliphatic rings. The highest BCUT2D eigenvalue weighted by molar-refractivity contribution is 7.09. The van der Waals surface area contributed by atoms with Crippen LogP contribution in [0.1, 0.15) is 27.7 Å². The van der Waals surface area contributed by atoms with E-state index in [9.17, 15) is 9.90 Å². The molecule has 0 saturated carbocycles. The predicted octanol–water partition coefficient (Wildman–Crippen LogP) is 3.17. The summed E-state index contributed by atoms with van der Waals surface area (Å²) in [4.78, 5) is 15.8. The van der Waals surface area contributed by atoms with Crippen LogP contribution in [0.3, 0.4) is 0 Å². The Labute approximate surface area is 110 Å². The van der Waals surface area contributed by atoms with Gasteiger partial charge in [-0.05, 0) is 25.0 Å².